The van der Waals surface area contributed by atoms with E-state index in [9.17, 15) is 4.39 Å². The van der Waals surface area contributed by atoms with Gasteiger partial charge in [0.15, 0.2) is 5.96 Å². The number of aliphatic imine (C=N–C) groups is 1. The Balaban J connectivity index is 0.00000243. The molecule has 0 aliphatic carbocycles. The highest BCUT2D eigenvalue weighted by molar-refractivity contribution is 14.0. The summed E-state index contributed by atoms with van der Waals surface area (Å²) in [6.45, 7) is 3.73. The van der Waals surface area contributed by atoms with E-state index >= 15 is 0 Å². The summed E-state index contributed by atoms with van der Waals surface area (Å²) in [6.07, 6.45) is 0.749. The smallest absolute Gasteiger partial charge is 0.191 e. The molecule has 0 saturated heterocycles. The molecule has 3 aromatic rings. The van der Waals surface area contributed by atoms with Gasteiger partial charge in [0.25, 0.3) is 0 Å². The number of hydrogen-bond donors (Lipinski definition) is 3. The average Bonchev–Trinajstić information content (AvgIpc) is 3.03. The Morgan fingerprint density at radius 2 is 1.88 bits per heavy atom. The fraction of sp³-hybridized carbons (Fsp3) is 0.263. The van der Waals surface area contributed by atoms with E-state index in [4.69, 9.17) is 0 Å². The molecule has 138 valence electrons. The molecule has 0 atom stereocenters. The molecule has 0 unspecified atom stereocenters. The van der Waals surface area contributed by atoms with Crippen LogP contribution in [0, 0.1) is 5.82 Å². The molecular weight excluding hydrogens is 444 g/mol. The molecule has 3 N–H and O–H groups in total. The zero-order valence-corrected chi connectivity index (χ0v) is 17.0. The van der Waals surface area contributed by atoms with Crippen molar-refractivity contribution in [3.8, 4) is 0 Å². The first-order chi connectivity index (χ1) is 12.3. The standard InChI is InChI=1S/C19H22FN5.HI/c1-2-21-19(23-13-14-7-3-4-8-15(14)20)22-12-11-18-24-16-9-5-6-10-17(16)25-18;/h3-10H,2,11-13H2,1H3,(H,24,25)(H2,21,22,23);1H. The molecule has 0 saturated carbocycles. The first-order valence-electron chi connectivity index (χ1n) is 8.45. The first kappa shape index (κ1) is 20.2. The SMILES string of the molecule is CCNC(=NCc1ccccc1F)NCCc1nc2ccccc2[nH]1.I. The topological polar surface area (TPSA) is 65.1 Å². The monoisotopic (exact) mass is 467 g/mol. The van der Waals surface area contributed by atoms with E-state index in [0.717, 1.165) is 29.8 Å². The number of nitrogens with zero attached hydrogens (tertiary/aromatic N) is 2. The Morgan fingerprint density at radius 1 is 1.12 bits per heavy atom. The Kier molecular flexibility index (Phi) is 7.83. The molecule has 0 fully saturated rings. The Hall–Kier alpha value is -2.16. The summed E-state index contributed by atoms with van der Waals surface area (Å²) in [4.78, 5) is 12.3. The normalized spacial score (nSPS) is 11.2. The van der Waals surface area contributed by atoms with Crippen molar-refractivity contribution in [2.24, 2.45) is 4.99 Å². The van der Waals surface area contributed by atoms with Crippen molar-refractivity contribution < 1.29 is 4.39 Å². The number of H-pyrrole nitrogens is 1. The van der Waals surface area contributed by atoms with Crippen LogP contribution in [0.25, 0.3) is 11.0 Å². The minimum absolute atomic E-state index is 0. The van der Waals surface area contributed by atoms with Gasteiger partial charge in [-0.1, -0.05) is 30.3 Å². The maximum Gasteiger partial charge on any atom is 0.191 e. The second-order valence-electron chi connectivity index (χ2n) is 5.66. The number of guanidine groups is 1. The van der Waals surface area contributed by atoms with E-state index in [-0.39, 0.29) is 29.8 Å². The highest BCUT2D eigenvalue weighted by Crippen LogP contribution is 2.10. The van der Waals surface area contributed by atoms with Crippen molar-refractivity contribution >= 4 is 41.0 Å². The average molecular weight is 467 g/mol. The first-order valence-corrected chi connectivity index (χ1v) is 8.45. The van der Waals surface area contributed by atoms with E-state index in [1.165, 1.54) is 6.07 Å². The van der Waals surface area contributed by atoms with Crippen LogP contribution in [0.2, 0.25) is 0 Å². The molecule has 0 bridgehead atoms. The number of fused-ring (bicyclic) bond motifs is 1. The van der Waals surface area contributed by atoms with Crippen LogP contribution in [0.3, 0.4) is 0 Å². The lowest BCUT2D eigenvalue weighted by Gasteiger charge is -2.10. The van der Waals surface area contributed by atoms with Gasteiger partial charge in [0.1, 0.15) is 11.6 Å². The van der Waals surface area contributed by atoms with Crippen LogP contribution in [0.4, 0.5) is 4.39 Å². The zero-order valence-electron chi connectivity index (χ0n) is 14.6. The van der Waals surface area contributed by atoms with E-state index in [0.29, 0.717) is 24.6 Å². The molecule has 0 aliphatic rings. The zero-order chi connectivity index (χ0) is 17.5. The van der Waals surface area contributed by atoms with Gasteiger partial charge in [0, 0.05) is 25.1 Å². The van der Waals surface area contributed by atoms with E-state index in [2.05, 4.69) is 25.6 Å². The predicted molar refractivity (Wildman–Crippen MR) is 114 cm³/mol. The maximum atomic E-state index is 13.7. The van der Waals surface area contributed by atoms with Crippen molar-refractivity contribution in [1.82, 2.24) is 20.6 Å². The minimum atomic E-state index is -0.232. The number of imidazole rings is 1. The minimum Gasteiger partial charge on any atom is -0.357 e. The van der Waals surface area contributed by atoms with Crippen LogP contribution in [-0.2, 0) is 13.0 Å². The third kappa shape index (κ3) is 5.42. The number of aromatic nitrogens is 2. The van der Waals surface area contributed by atoms with Crippen molar-refractivity contribution in [3.63, 3.8) is 0 Å². The van der Waals surface area contributed by atoms with Crippen LogP contribution in [-0.4, -0.2) is 29.0 Å². The van der Waals surface area contributed by atoms with Gasteiger partial charge < -0.3 is 15.6 Å². The molecule has 0 radical (unpaired) electrons. The third-order valence-corrected chi connectivity index (χ3v) is 3.80. The lowest BCUT2D eigenvalue weighted by atomic mass is 10.2. The van der Waals surface area contributed by atoms with Gasteiger partial charge in [0.05, 0.1) is 17.6 Å². The van der Waals surface area contributed by atoms with Crippen molar-refractivity contribution in [2.45, 2.75) is 19.9 Å². The Morgan fingerprint density at radius 3 is 2.65 bits per heavy atom. The molecule has 0 spiro atoms. The maximum absolute atomic E-state index is 13.7. The number of hydrogen-bond acceptors (Lipinski definition) is 2. The molecule has 1 aromatic heterocycles. The van der Waals surface area contributed by atoms with Gasteiger partial charge in [-0.05, 0) is 25.1 Å². The quantitative estimate of drug-likeness (QED) is 0.295. The number of halogens is 2. The molecule has 7 heteroatoms. The fourth-order valence-electron chi connectivity index (χ4n) is 2.56. The number of rotatable bonds is 6. The van der Waals surface area contributed by atoms with Crippen LogP contribution in [0.1, 0.15) is 18.3 Å². The van der Waals surface area contributed by atoms with E-state index in [1.54, 1.807) is 12.1 Å². The molecule has 0 amide bonds. The van der Waals surface area contributed by atoms with Gasteiger partial charge in [-0.2, -0.15) is 0 Å². The van der Waals surface area contributed by atoms with Gasteiger partial charge in [-0.3, -0.25) is 0 Å². The molecule has 5 nitrogen and oxygen atoms in total. The lowest BCUT2D eigenvalue weighted by molar-refractivity contribution is 0.610. The second-order valence-corrected chi connectivity index (χ2v) is 5.66. The number of nitrogens with one attached hydrogen (secondary N) is 3. The summed E-state index contributed by atoms with van der Waals surface area (Å²) >= 11 is 0. The summed E-state index contributed by atoms with van der Waals surface area (Å²) in [6, 6.07) is 14.7. The largest absolute Gasteiger partial charge is 0.357 e. The molecule has 0 aliphatic heterocycles. The third-order valence-electron chi connectivity index (χ3n) is 3.80. The molecule has 1 heterocycles. The Bertz CT molecular complexity index is 829. The second kappa shape index (κ2) is 10.1. The van der Waals surface area contributed by atoms with Crippen LogP contribution >= 0.6 is 24.0 Å². The fourth-order valence-corrected chi connectivity index (χ4v) is 2.56. The number of aromatic amines is 1. The molecule has 2 aromatic carbocycles. The van der Waals surface area contributed by atoms with E-state index in [1.807, 2.05) is 37.3 Å². The van der Waals surface area contributed by atoms with Crippen molar-refractivity contribution in [1.29, 1.82) is 0 Å². The lowest BCUT2D eigenvalue weighted by Crippen LogP contribution is -2.38. The highest BCUT2D eigenvalue weighted by atomic mass is 127. The van der Waals surface area contributed by atoms with Crippen LogP contribution < -0.4 is 10.6 Å². The molecular formula is C19H23FIN5. The van der Waals surface area contributed by atoms with Gasteiger partial charge in [-0.15, -0.1) is 24.0 Å². The van der Waals surface area contributed by atoms with Gasteiger partial charge >= 0.3 is 0 Å². The van der Waals surface area contributed by atoms with Crippen molar-refractivity contribution in [2.75, 3.05) is 13.1 Å². The highest BCUT2D eigenvalue weighted by Gasteiger charge is 2.04. The van der Waals surface area contributed by atoms with Crippen molar-refractivity contribution in [3.05, 3.63) is 65.7 Å². The Labute approximate surface area is 169 Å². The summed E-state index contributed by atoms with van der Waals surface area (Å²) in [5, 5.41) is 6.43. The number of benzene rings is 2. The van der Waals surface area contributed by atoms with E-state index < -0.39 is 0 Å². The van der Waals surface area contributed by atoms with Gasteiger partial charge in [-0.25, -0.2) is 14.4 Å². The summed E-state index contributed by atoms with van der Waals surface area (Å²) in [7, 11) is 0. The summed E-state index contributed by atoms with van der Waals surface area (Å²) in [5.41, 5.74) is 2.59. The van der Waals surface area contributed by atoms with Crippen LogP contribution in [0.5, 0.6) is 0 Å². The summed E-state index contributed by atoms with van der Waals surface area (Å²) < 4.78 is 13.7. The molecule has 3 rings (SSSR count). The van der Waals surface area contributed by atoms with Crippen LogP contribution in [0.15, 0.2) is 53.5 Å². The van der Waals surface area contributed by atoms with Gasteiger partial charge in [0.2, 0.25) is 0 Å². The summed E-state index contributed by atoms with van der Waals surface area (Å²) in [5.74, 6) is 1.37. The molecule has 26 heavy (non-hydrogen) atoms. The predicted octanol–water partition coefficient (Wildman–Crippen LogP) is 3.62. The number of para-hydroxylation sites is 2.